The van der Waals surface area contributed by atoms with E-state index in [9.17, 15) is 13.2 Å². The minimum atomic E-state index is -2.82. The Kier molecular flexibility index (Phi) is 3.49. The van der Waals surface area contributed by atoms with Crippen LogP contribution >= 0.6 is 0 Å². The third-order valence-electron chi connectivity index (χ3n) is 2.96. The summed E-state index contributed by atoms with van der Waals surface area (Å²) in [5.41, 5.74) is 0. The van der Waals surface area contributed by atoms with Crippen molar-refractivity contribution in [3.8, 4) is 0 Å². The van der Waals surface area contributed by atoms with Gasteiger partial charge in [0.2, 0.25) is 5.91 Å². The van der Waals surface area contributed by atoms with Crippen molar-refractivity contribution in [2.24, 2.45) is 0 Å². The van der Waals surface area contributed by atoms with Gasteiger partial charge in [-0.1, -0.05) is 0 Å². The van der Waals surface area contributed by atoms with E-state index in [4.69, 9.17) is 0 Å². The number of carbonyl (C=O) groups is 1. The normalized spacial score (nSPS) is 27.9. The second-order valence-electron chi connectivity index (χ2n) is 4.65. The first-order chi connectivity index (χ1) is 7.55. The molecule has 16 heavy (non-hydrogen) atoms. The van der Waals surface area contributed by atoms with Crippen LogP contribution in [-0.2, 0) is 14.6 Å². The summed E-state index contributed by atoms with van der Waals surface area (Å²) in [6.45, 7) is 0.568. The van der Waals surface area contributed by atoms with E-state index < -0.39 is 9.84 Å². The number of sulfone groups is 1. The lowest BCUT2D eigenvalue weighted by Gasteiger charge is -2.10. The van der Waals surface area contributed by atoms with E-state index in [0.717, 1.165) is 12.8 Å². The summed E-state index contributed by atoms with van der Waals surface area (Å²) in [7, 11) is -2.82. The summed E-state index contributed by atoms with van der Waals surface area (Å²) in [4.78, 5) is 11.3. The largest absolute Gasteiger partial charge is 0.353 e. The van der Waals surface area contributed by atoms with Crippen LogP contribution in [0.4, 0.5) is 0 Å². The second kappa shape index (κ2) is 4.71. The fraction of sp³-hybridized carbons (Fsp3) is 0.900. The summed E-state index contributed by atoms with van der Waals surface area (Å²) >= 11 is 0. The molecule has 5 nitrogen and oxygen atoms in total. The third kappa shape index (κ3) is 3.75. The van der Waals surface area contributed by atoms with Gasteiger partial charge in [-0.25, -0.2) is 8.42 Å². The average Bonchev–Trinajstić information content (AvgIpc) is 2.91. The molecule has 2 rings (SSSR count). The van der Waals surface area contributed by atoms with Crippen LogP contribution in [0.1, 0.15) is 25.7 Å². The predicted octanol–water partition coefficient (Wildman–Crippen LogP) is -0.568. The lowest BCUT2D eigenvalue weighted by Crippen LogP contribution is -2.34. The molecule has 1 unspecified atom stereocenters. The summed E-state index contributed by atoms with van der Waals surface area (Å²) in [6.07, 6.45) is 3.31. The van der Waals surface area contributed by atoms with Gasteiger partial charge in [0.25, 0.3) is 0 Å². The van der Waals surface area contributed by atoms with Crippen molar-refractivity contribution in [2.45, 2.75) is 37.8 Å². The molecular formula is C10H18N2O3S. The molecule has 0 radical (unpaired) electrons. The highest BCUT2D eigenvalue weighted by Gasteiger charge is 2.27. The minimum absolute atomic E-state index is 0.0405. The molecule has 1 saturated carbocycles. The third-order valence-corrected chi connectivity index (χ3v) is 4.73. The summed E-state index contributed by atoms with van der Waals surface area (Å²) in [6, 6.07) is 0.443. The van der Waals surface area contributed by atoms with Gasteiger partial charge >= 0.3 is 0 Å². The van der Waals surface area contributed by atoms with Gasteiger partial charge in [-0.05, 0) is 19.3 Å². The van der Waals surface area contributed by atoms with Crippen molar-refractivity contribution >= 4 is 15.7 Å². The number of hydrogen-bond donors (Lipinski definition) is 2. The molecular weight excluding hydrogens is 228 g/mol. The summed E-state index contributed by atoms with van der Waals surface area (Å²) < 4.78 is 22.3. The van der Waals surface area contributed by atoms with Crippen LogP contribution in [0.5, 0.6) is 0 Å². The first kappa shape index (κ1) is 11.9. The van der Waals surface area contributed by atoms with Gasteiger partial charge in [0, 0.05) is 25.0 Å². The summed E-state index contributed by atoms with van der Waals surface area (Å²) in [5, 5.41) is 6.02. The Morgan fingerprint density at radius 2 is 1.94 bits per heavy atom. The molecule has 1 aliphatic heterocycles. The zero-order valence-electron chi connectivity index (χ0n) is 9.24. The molecule has 1 saturated heterocycles. The Labute approximate surface area is 95.9 Å². The molecule has 92 valence electrons. The first-order valence-corrected chi connectivity index (χ1v) is 7.60. The number of hydrogen-bond acceptors (Lipinski definition) is 4. The zero-order chi connectivity index (χ0) is 11.6. The Morgan fingerprint density at radius 3 is 2.50 bits per heavy atom. The van der Waals surface area contributed by atoms with Crippen LogP contribution < -0.4 is 10.6 Å². The van der Waals surface area contributed by atoms with E-state index in [1.807, 2.05) is 0 Å². The number of amides is 1. The molecule has 6 heteroatoms. The Balaban J connectivity index is 1.59. The van der Waals surface area contributed by atoms with Gasteiger partial charge in [0.05, 0.1) is 11.5 Å². The lowest BCUT2D eigenvalue weighted by atomic mass is 10.2. The van der Waals surface area contributed by atoms with Crippen molar-refractivity contribution in [1.82, 2.24) is 10.6 Å². The molecule has 1 heterocycles. The fourth-order valence-corrected chi connectivity index (χ4v) is 3.58. The standard InChI is InChI=1S/C10H18N2O3S/c13-10(12-8-1-2-8)3-5-11-9-4-6-16(14,15)7-9/h8-9,11H,1-7H2,(H,12,13). The van der Waals surface area contributed by atoms with Crippen LogP contribution in [-0.4, -0.2) is 44.5 Å². The summed E-state index contributed by atoms with van der Waals surface area (Å²) in [5.74, 6) is 0.562. The molecule has 0 aromatic rings. The highest BCUT2D eigenvalue weighted by Crippen LogP contribution is 2.18. The average molecular weight is 246 g/mol. The van der Waals surface area contributed by atoms with E-state index in [-0.39, 0.29) is 23.5 Å². The van der Waals surface area contributed by atoms with E-state index in [2.05, 4.69) is 10.6 Å². The maximum atomic E-state index is 11.3. The molecule has 2 aliphatic rings. The van der Waals surface area contributed by atoms with Crippen molar-refractivity contribution in [2.75, 3.05) is 18.1 Å². The number of carbonyl (C=O) groups excluding carboxylic acids is 1. The highest BCUT2D eigenvalue weighted by molar-refractivity contribution is 7.91. The molecule has 2 N–H and O–H groups in total. The van der Waals surface area contributed by atoms with Crippen molar-refractivity contribution in [3.63, 3.8) is 0 Å². The van der Waals surface area contributed by atoms with Gasteiger partial charge in [-0.3, -0.25) is 4.79 Å². The Morgan fingerprint density at radius 1 is 1.19 bits per heavy atom. The van der Waals surface area contributed by atoms with E-state index in [1.165, 1.54) is 0 Å². The smallest absolute Gasteiger partial charge is 0.221 e. The van der Waals surface area contributed by atoms with Crippen LogP contribution in [0.25, 0.3) is 0 Å². The molecule has 0 spiro atoms. The predicted molar refractivity (Wildman–Crippen MR) is 60.8 cm³/mol. The molecule has 0 aromatic heterocycles. The zero-order valence-corrected chi connectivity index (χ0v) is 10.1. The van der Waals surface area contributed by atoms with Gasteiger partial charge in [0.15, 0.2) is 9.84 Å². The topological polar surface area (TPSA) is 75.3 Å². The van der Waals surface area contributed by atoms with Crippen LogP contribution in [0, 0.1) is 0 Å². The number of nitrogens with one attached hydrogen (secondary N) is 2. The molecule has 1 atom stereocenters. The van der Waals surface area contributed by atoms with Crippen LogP contribution in [0.3, 0.4) is 0 Å². The van der Waals surface area contributed by atoms with Crippen molar-refractivity contribution in [3.05, 3.63) is 0 Å². The van der Waals surface area contributed by atoms with Gasteiger partial charge in [-0.2, -0.15) is 0 Å². The van der Waals surface area contributed by atoms with E-state index >= 15 is 0 Å². The van der Waals surface area contributed by atoms with E-state index in [1.54, 1.807) is 0 Å². The van der Waals surface area contributed by atoms with Gasteiger partial charge in [-0.15, -0.1) is 0 Å². The monoisotopic (exact) mass is 246 g/mol. The number of rotatable bonds is 5. The SMILES string of the molecule is O=C(CCNC1CCS(=O)(=O)C1)NC1CC1. The minimum Gasteiger partial charge on any atom is -0.353 e. The molecule has 0 aromatic carbocycles. The van der Waals surface area contributed by atoms with Crippen LogP contribution in [0.15, 0.2) is 0 Å². The van der Waals surface area contributed by atoms with Crippen molar-refractivity contribution < 1.29 is 13.2 Å². The lowest BCUT2D eigenvalue weighted by molar-refractivity contribution is -0.121. The Hall–Kier alpha value is -0.620. The van der Waals surface area contributed by atoms with Crippen molar-refractivity contribution in [1.29, 1.82) is 0 Å². The molecule has 1 aliphatic carbocycles. The van der Waals surface area contributed by atoms with E-state index in [0.29, 0.717) is 25.4 Å². The quantitative estimate of drug-likeness (QED) is 0.681. The molecule has 2 fully saturated rings. The maximum Gasteiger partial charge on any atom is 0.221 e. The second-order valence-corrected chi connectivity index (χ2v) is 6.87. The molecule has 1 amide bonds. The van der Waals surface area contributed by atoms with Crippen LogP contribution in [0.2, 0.25) is 0 Å². The fourth-order valence-electron chi connectivity index (χ4n) is 1.87. The maximum absolute atomic E-state index is 11.3. The van der Waals surface area contributed by atoms with Gasteiger partial charge < -0.3 is 10.6 Å². The molecule has 0 bridgehead atoms. The Bertz CT molecular complexity index is 362. The van der Waals surface area contributed by atoms with Gasteiger partial charge in [0.1, 0.15) is 0 Å². The first-order valence-electron chi connectivity index (χ1n) is 5.78. The highest BCUT2D eigenvalue weighted by atomic mass is 32.2.